The van der Waals surface area contributed by atoms with Gasteiger partial charge in [-0.2, -0.15) is 0 Å². The van der Waals surface area contributed by atoms with Crippen molar-refractivity contribution >= 4 is 5.91 Å². The van der Waals surface area contributed by atoms with Gasteiger partial charge in [0, 0.05) is 6.54 Å². The molecule has 1 saturated heterocycles. The van der Waals surface area contributed by atoms with Crippen molar-refractivity contribution in [2.75, 3.05) is 13.1 Å². The van der Waals surface area contributed by atoms with Crippen molar-refractivity contribution in [2.45, 2.75) is 58.9 Å². The van der Waals surface area contributed by atoms with E-state index in [2.05, 4.69) is 31.4 Å². The molecule has 1 fully saturated rings. The lowest BCUT2D eigenvalue weighted by Crippen LogP contribution is -2.46. The zero-order chi connectivity index (χ0) is 12.0. The maximum Gasteiger partial charge on any atom is 0.237 e. The fourth-order valence-corrected chi connectivity index (χ4v) is 1.83. The van der Waals surface area contributed by atoms with Crippen LogP contribution >= 0.6 is 0 Å². The van der Waals surface area contributed by atoms with E-state index < -0.39 is 0 Å². The van der Waals surface area contributed by atoms with Gasteiger partial charge in [-0.05, 0) is 31.2 Å². The first-order valence-electron chi connectivity index (χ1n) is 6.56. The molecule has 0 saturated carbocycles. The van der Waals surface area contributed by atoms with E-state index in [0.717, 1.165) is 25.9 Å². The first-order chi connectivity index (χ1) is 7.55. The Labute approximate surface area is 99.4 Å². The highest BCUT2D eigenvalue weighted by molar-refractivity contribution is 5.81. The van der Waals surface area contributed by atoms with E-state index >= 15 is 0 Å². The minimum absolute atomic E-state index is 0.0372. The lowest BCUT2D eigenvalue weighted by Gasteiger charge is -2.24. The summed E-state index contributed by atoms with van der Waals surface area (Å²) < 4.78 is 0. The molecule has 0 bridgehead atoms. The molecular weight excluding hydrogens is 200 g/mol. The molecule has 0 radical (unpaired) electrons. The van der Waals surface area contributed by atoms with E-state index in [0.29, 0.717) is 0 Å². The molecule has 0 aromatic rings. The van der Waals surface area contributed by atoms with Crippen LogP contribution in [-0.2, 0) is 4.79 Å². The summed E-state index contributed by atoms with van der Waals surface area (Å²) in [5.41, 5.74) is 0.209. The van der Waals surface area contributed by atoms with Gasteiger partial charge in [0.15, 0.2) is 0 Å². The molecule has 16 heavy (non-hydrogen) atoms. The van der Waals surface area contributed by atoms with E-state index in [1.54, 1.807) is 0 Å². The molecule has 1 rings (SSSR count). The summed E-state index contributed by atoms with van der Waals surface area (Å²) >= 11 is 0. The molecule has 94 valence electrons. The van der Waals surface area contributed by atoms with Gasteiger partial charge in [0.05, 0.1) is 6.04 Å². The molecule has 1 heterocycles. The maximum atomic E-state index is 11.9. The number of nitrogens with one attached hydrogen (secondary N) is 2. The molecule has 1 amide bonds. The number of amides is 1. The van der Waals surface area contributed by atoms with E-state index in [-0.39, 0.29) is 17.4 Å². The Balaban J connectivity index is 2.33. The summed E-state index contributed by atoms with van der Waals surface area (Å²) in [5.74, 6) is 0.184. The summed E-state index contributed by atoms with van der Waals surface area (Å²) in [6.07, 6.45) is 5.69. The Morgan fingerprint density at radius 2 is 2.12 bits per heavy atom. The van der Waals surface area contributed by atoms with Gasteiger partial charge in [-0.3, -0.25) is 4.79 Å². The van der Waals surface area contributed by atoms with Gasteiger partial charge in [-0.25, -0.2) is 0 Å². The Bertz CT molecular complexity index is 218. The fraction of sp³-hybridized carbons (Fsp3) is 0.923. The van der Waals surface area contributed by atoms with E-state index in [1.807, 2.05) is 0 Å². The average molecular weight is 226 g/mol. The van der Waals surface area contributed by atoms with Gasteiger partial charge in [-0.15, -0.1) is 0 Å². The van der Waals surface area contributed by atoms with E-state index in [9.17, 15) is 4.79 Å². The summed E-state index contributed by atoms with van der Waals surface area (Å²) in [6, 6.07) is 0.0372. The molecule has 1 aliphatic rings. The largest absolute Gasteiger partial charge is 0.354 e. The molecule has 3 heteroatoms. The predicted octanol–water partition coefficient (Wildman–Crippen LogP) is 2.07. The third-order valence-corrected chi connectivity index (χ3v) is 3.58. The Hall–Kier alpha value is -0.570. The molecule has 0 spiro atoms. The van der Waals surface area contributed by atoms with Gasteiger partial charge in [0.1, 0.15) is 0 Å². The third-order valence-electron chi connectivity index (χ3n) is 3.58. The predicted molar refractivity (Wildman–Crippen MR) is 67.3 cm³/mol. The summed E-state index contributed by atoms with van der Waals surface area (Å²) in [4.78, 5) is 11.9. The van der Waals surface area contributed by atoms with Crippen molar-refractivity contribution in [3.05, 3.63) is 0 Å². The SMILES string of the molecule is CCC(C)(C)CNC(=O)C1CCCCCN1. The normalized spacial score (nSPS) is 22.6. The summed E-state index contributed by atoms with van der Waals surface area (Å²) in [5, 5.41) is 6.39. The van der Waals surface area contributed by atoms with Crippen LogP contribution in [0, 0.1) is 5.41 Å². The van der Waals surface area contributed by atoms with Crippen molar-refractivity contribution in [2.24, 2.45) is 5.41 Å². The molecule has 0 aromatic heterocycles. The third kappa shape index (κ3) is 4.52. The summed E-state index contributed by atoms with van der Waals surface area (Å²) in [6.45, 7) is 8.30. The average Bonchev–Trinajstić information content (AvgIpc) is 2.54. The highest BCUT2D eigenvalue weighted by atomic mass is 16.2. The van der Waals surface area contributed by atoms with Crippen LogP contribution in [0.1, 0.15) is 52.9 Å². The smallest absolute Gasteiger partial charge is 0.237 e. The van der Waals surface area contributed by atoms with Crippen LogP contribution in [0.3, 0.4) is 0 Å². The second-order valence-electron chi connectivity index (χ2n) is 5.59. The van der Waals surface area contributed by atoms with Crippen LogP contribution in [0.5, 0.6) is 0 Å². The number of rotatable bonds is 4. The number of carbonyl (C=O) groups excluding carboxylic acids is 1. The zero-order valence-corrected chi connectivity index (χ0v) is 10.9. The first-order valence-corrected chi connectivity index (χ1v) is 6.56. The van der Waals surface area contributed by atoms with Crippen LogP contribution in [0.15, 0.2) is 0 Å². The minimum Gasteiger partial charge on any atom is -0.354 e. The monoisotopic (exact) mass is 226 g/mol. The van der Waals surface area contributed by atoms with Crippen molar-refractivity contribution in [3.8, 4) is 0 Å². The number of hydrogen-bond donors (Lipinski definition) is 2. The molecule has 1 atom stereocenters. The van der Waals surface area contributed by atoms with E-state index in [4.69, 9.17) is 0 Å². The van der Waals surface area contributed by atoms with Gasteiger partial charge in [0.2, 0.25) is 5.91 Å². The molecule has 0 aliphatic carbocycles. The highest BCUT2D eigenvalue weighted by Gasteiger charge is 2.22. The highest BCUT2D eigenvalue weighted by Crippen LogP contribution is 2.18. The van der Waals surface area contributed by atoms with Crippen LogP contribution in [0.25, 0.3) is 0 Å². The van der Waals surface area contributed by atoms with Crippen molar-refractivity contribution in [1.82, 2.24) is 10.6 Å². The maximum absolute atomic E-state index is 11.9. The van der Waals surface area contributed by atoms with Gasteiger partial charge >= 0.3 is 0 Å². The second kappa shape index (κ2) is 6.24. The summed E-state index contributed by atoms with van der Waals surface area (Å²) in [7, 11) is 0. The molecule has 1 unspecified atom stereocenters. The van der Waals surface area contributed by atoms with Crippen LogP contribution < -0.4 is 10.6 Å². The van der Waals surface area contributed by atoms with Crippen molar-refractivity contribution < 1.29 is 4.79 Å². The van der Waals surface area contributed by atoms with Crippen molar-refractivity contribution in [3.63, 3.8) is 0 Å². The Kier molecular flexibility index (Phi) is 5.26. The fourth-order valence-electron chi connectivity index (χ4n) is 1.83. The molecule has 1 aliphatic heterocycles. The quantitative estimate of drug-likeness (QED) is 0.770. The van der Waals surface area contributed by atoms with Gasteiger partial charge in [0.25, 0.3) is 0 Å². The van der Waals surface area contributed by atoms with Crippen LogP contribution in [0.4, 0.5) is 0 Å². The number of hydrogen-bond acceptors (Lipinski definition) is 2. The minimum atomic E-state index is 0.0372. The molecular formula is C13H26N2O. The van der Waals surface area contributed by atoms with Crippen LogP contribution in [-0.4, -0.2) is 25.0 Å². The van der Waals surface area contributed by atoms with Crippen LogP contribution in [0.2, 0.25) is 0 Å². The molecule has 0 aromatic carbocycles. The second-order valence-corrected chi connectivity index (χ2v) is 5.59. The standard InChI is InChI=1S/C13H26N2O/c1-4-13(2,3)10-15-12(16)11-8-6-5-7-9-14-11/h11,14H,4-10H2,1-3H3,(H,15,16). The number of carbonyl (C=O) groups is 1. The Morgan fingerprint density at radius 1 is 1.38 bits per heavy atom. The molecule has 2 N–H and O–H groups in total. The lowest BCUT2D eigenvalue weighted by atomic mass is 9.90. The Morgan fingerprint density at radius 3 is 2.81 bits per heavy atom. The van der Waals surface area contributed by atoms with Gasteiger partial charge in [-0.1, -0.05) is 33.6 Å². The van der Waals surface area contributed by atoms with Gasteiger partial charge < -0.3 is 10.6 Å². The first kappa shape index (κ1) is 13.5. The van der Waals surface area contributed by atoms with E-state index in [1.165, 1.54) is 19.3 Å². The van der Waals surface area contributed by atoms with Crippen molar-refractivity contribution in [1.29, 1.82) is 0 Å². The lowest BCUT2D eigenvalue weighted by molar-refractivity contribution is -0.123. The topological polar surface area (TPSA) is 41.1 Å². The molecule has 3 nitrogen and oxygen atoms in total. The zero-order valence-electron chi connectivity index (χ0n) is 10.9.